The average Bonchev–Trinajstić information content (AvgIpc) is 1.75. The standard InChI is InChI=1S/C10H17NO/c11-9-2-7-1-8(3-9)5-10(12,4-7)6-9/h7-8,12H,1-6,11H2/t7-,8+,9-,10+. The highest BCUT2D eigenvalue weighted by Gasteiger charge is 2.55. The highest BCUT2D eigenvalue weighted by molar-refractivity contribution is 5.10. The molecule has 0 aromatic heterocycles. The third-order valence-electron chi connectivity index (χ3n) is 4.08. The average molecular weight is 167 g/mol. The Balaban J connectivity index is 1.98. The molecule has 4 atom stereocenters. The largest absolute Gasteiger partial charge is 0.390 e. The Morgan fingerprint density at radius 1 is 1.08 bits per heavy atom. The fourth-order valence-electron chi connectivity index (χ4n) is 4.28. The van der Waals surface area contributed by atoms with Crippen molar-refractivity contribution in [2.75, 3.05) is 0 Å². The summed E-state index contributed by atoms with van der Waals surface area (Å²) in [6.45, 7) is 0. The molecule has 0 unspecified atom stereocenters. The van der Waals surface area contributed by atoms with Gasteiger partial charge in [-0.15, -0.1) is 0 Å². The minimum atomic E-state index is -0.362. The van der Waals surface area contributed by atoms with Crippen LogP contribution in [0.2, 0.25) is 0 Å². The highest BCUT2D eigenvalue weighted by Crippen LogP contribution is 2.56. The fourth-order valence-corrected chi connectivity index (χ4v) is 4.28. The molecule has 4 saturated carbocycles. The van der Waals surface area contributed by atoms with Crippen LogP contribution in [0, 0.1) is 11.8 Å². The van der Waals surface area contributed by atoms with Gasteiger partial charge >= 0.3 is 0 Å². The molecular formula is C10H17NO. The predicted octanol–water partition coefficient (Wildman–Crippen LogP) is 1.03. The summed E-state index contributed by atoms with van der Waals surface area (Å²) in [5, 5.41) is 10.2. The van der Waals surface area contributed by atoms with Crippen molar-refractivity contribution in [3.05, 3.63) is 0 Å². The Labute approximate surface area is 73.1 Å². The molecule has 4 rings (SSSR count). The summed E-state index contributed by atoms with van der Waals surface area (Å²) in [5.74, 6) is 1.47. The quantitative estimate of drug-likeness (QED) is 0.566. The Morgan fingerprint density at radius 3 is 2.08 bits per heavy atom. The topological polar surface area (TPSA) is 46.2 Å². The van der Waals surface area contributed by atoms with Crippen LogP contribution in [0.15, 0.2) is 0 Å². The monoisotopic (exact) mass is 167 g/mol. The summed E-state index contributed by atoms with van der Waals surface area (Å²) in [6.07, 6.45) is 6.61. The first-order chi connectivity index (χ1) is 5.57. The summed E-state index contributed by atoms with van der Waals surface area (Å²) in [5.41, 5.74) is 5.90. The van der Waals surface area contributed by atoms with E-state index in [0.29, 0.717) is 0 Å². The summed E-state index contributed by atoms with van der Waals surface area (Å²) in [4.78, 5) is 0. The van der Waals surface area contributed by atoms with E-state index in [-0.39, 0.29) is 11.1 Å². The minimum absolute atomic E-state index is 0.0127. The summed E-state index contributed by atoms with van der Waals surface area (Å²) >= 11 is 0. The molecule has 0 aromatic carbocycles. The van der Waals surface area contributed by atoms with E-state index in [9.17, 15) is 5.11 Å². The van der Waals surface area contributed by atoms with Crippen molar-refractivity contribution in [1.82, 2.24) is 0 Å². The molecule has 4 fully saturated rings. The number of hydrogen-bond acceptors (Lipinski definition) is 2. The zero-order valence-electron chi connectivity index (χ0n) is 7.42. The van der Waals surface area contributed by atoms with Crippen molar-refractivity contribution in [3.63, 3.8) is 0 Å². The van der Waals surface area contributed by atoms with E-state index in [0.717, 1.165) is 31.1 Å². The van der Waals surface area contributed by atoms with Gasteiger partial charge in [0.2, 0.25) is 0 Å². The Hall–Kier alpha value is -0.0800. The predicted molar refractivity (Wildman–Crippen MR) is 46.6 cm³/mol. The molecule has 4 aliphatic carbocycles. The fraction of sp³-hybridized carbons (Fsp3) is 1.00. The lowest BCUT2D eigenvalue weighted by Crippen LogP contribution is -2.62. The van der Waals surface area contributed by atoms with E-state index in [2.05, 4.69) is 0 Å². The van der Waals surface area contributed by atoms with Gasteiger partial charge < -0.3 is 10.8 Å². The molecule has 3 N–H and O–H groups in total. The second kappa shape index (κ2) is 1.88. The number of aliphatic hydroxyl groups is 1. The maximum Gasteiger partial charge on any atom is 0.0670 e. The van der Waals surface area contributed by atoms with Gasteiger partial charge in [0.15, 0.2) is 0 Å². The summed E-state index contributed by atoms with van der Waals surface area (Å²) < 4.78 is 0. The van der Waals surface area contributed by atoms with Gasteiger partial charge in [-0.1, -0.05) is 0 Å². The van der Waals surface area contributed by atoms with Crippen molar-refractivity contribution < 1.29 is 5.11 Å². The number of hydrogen-bond donors (Lipinski definition) is 2. The number of nitrogens with two attached hydrogens (primary N) is 1. The first-order valence-corrected chi connectivity index (χ1v) is 5.08. The smallest absolute Gasteiger partial charge is 0.0670 e. The van der Waals surface area contributed by atoms with Gasteiger partial charge in [0.05, 0.1) is 5.60 Å². The molecule has 0 aliphatic heterocycles. The van der Waals surface area contributed by atoms with Crippen molar-refractivity contribution >= 4 is 0 Å². The lowest BCUT2D eigenvalue weighted by atomic mass is 9.51. The molecule has 12 heavy (non-hydrogen) atoms. The molecule has 68 valence electrons. The molecule has 0 spiro atoms. The van der Waals surface area contributed by atoms with Gasteiger partial charge in [-0.05, 0) is 50.4 Å². The van der Waals surface area contributed by atoms with Gasteiger partial charge in [-0.25, -0.2) is 0 Å². The lowest BCUT2D eigenvalue weighted by molar-refractivity contribution is -0.133. The van der Waals surface area contributed by atoms with Crippen LogP contribution in [-0.4, -0.2) is 16.2 Å². The Kier molecular flexibility index (Phi) is 1.15. The third-order valence-corrected chi connectivity index (χ3v) is 4.08. The normalized spacial score (nSPS) is 62.5. The molecule has 0 radical (unpaired) electrons. The molecule has 0 aromatic rings. The van der Waals surface area contributed by atoms with Crippen molar-refractivity contribution in [2.45, 2.75) is 49.7 Å². The second-order valence-corrected chi connectivity index (χ2v) is 5.55. The highest BCUT2D eigenvalue weighted by atomic mass is 16.3. The van der Waals surface area contributed by atoms with Crippen LogP contribution in [-0.2, 0) is 0 Å². The molecule has 4 aliphatic rings. The van der Waals surface area contributed by atoms with Crippen molar-refractivity contribution in [2.24, 2.45) is 17.6 Å². The van der Waals surface area contributed by atoms with E-state index in [1.807, 2.05) is 0 Å². The first kappa shape index (κ1) is 7.34. The Bertz CT molecular complexity index is 192. The van der Waals surface area contributed by atoms with E-state index in [1.165, 1.54) is 19.3 Å². The van der Waals surface area contributed by atoms with Crippen LogP contribution < -0.4 is 5.73 Å². The van der Waals surface area contributed by atoms with E-state index in [4.69, 9.17) is 5.73 Å². The maximum absolute atomic E-state index is 10.2. The first-order valence-electron chi connectivity index (χ1n) is 5.08. The van der Waals surface area contributed by atoms with Crippen molar-refractivity contribution in [3.8, 4) is 0 Å². The van der Waals surface area contributed by atoms with Crippen LogP contribution >= 0.6 is 0 Å². The molecule has 0 heterocycles. The van der Waals surface area contributed by atoms with Crippen molar-refractivity contribution in [1.29, 1.82) is 0 Å². The third kappa shape index (κ3) is 0.882. The maximum atomic E-state index is 10.2. The Morgan fingerprint density at radius 2 is 1.67 bits per heavy atom. The van der Waals surface area contributed by atoms with Crippen LogP contribution in [0.4, 0.5) is 0 Å². The van der Waals surface area contributed by atoms with Gasteiger partial charge in [-0.3, -0.25) is 0 Å². The summed E-state index contributed by atoms with van der Waals surface area (Å²) in [6, 6.07) is 0. The van der Waals surface area contributed by atoms with E-state index >= 15 is 0 Å². The zero-order chi connectivity index (χ0) is 8.40. The van der Waals surface area contributed by atoms with E-state index in [1.54, 1.807) is 0 Å². The number of rotatable bonds is 0. The zero-order valence-corrected chi connectivity index (χ0v) is 7.42. The minimum Gasteiger partial charge on any atom is -0.390 e. The van der Waals surface area contributed by atoms with Crippen LogP contribution in [0.25, 0.3) is 0 Å². The molecular weight excluding hydrogens is 150 g/mol. The second-order valence-electron chi connectivity index (χ2n) is 5.55. The molecule has 4 bridgehead atoms. The molecule has 0 saturated heterocycles. The van der Waals surface area contributed by atoms with Gasteiger partial charge in [0, 0.05) is 5.54 Å². The SMILES string of the molecule is N[C@]12C[C@H]3C[C@@H](C1)C[C@@](O)(C3)C2. The molecule has 2 heteroatoms. The summed E-state index contributed by atoms with van der Waals surface area (Å²) in [7, 11) is 0. The molecule has 0 amide bonds. The van der Waals surface area contributed by atoms with Gasteiger partial charge in [0.1, 0.15) is 0 Å². The van der Waals surface area contributed by atoms with Gasteiger partial charge in [-0.2, -0.15) is 0 Å². The van der Waals surface area contributed by atoms with Crippen LogP contribution in [0.3, 0.4) is 0 Å². The lowest BCUT2D eigenvalue weighted by Gasteiger charge is -2.58. The van der Waals surface area contributed by atoms with Gasteiger partial charge in [0.25, 0.3) is 0 Å². The molecule has 2 nitrogen and oxygen atoms in total. The van der Waals surface area contributed by atoms with E-state index < -0.39 is 0 Å². The van der Waals surface area contributed by atoms with Crippen LogP contribution in [0.5, 0.6) is 0 Å². The van der Waals surface area contributed by atoms with Crippen LogP contribution in [0.1, 0.15) is 38.5 Å².